The molecular weight excluding hydrogens is 331 g/mol. The van der Waals surface area contributed by atoms with Crippen molar-refractivity contribution in [3.63, 3.8) is 0 Å². The van der Waals surface area contributed by atoms with Crippen molar-refractivity contribution < 1.29 is 10.0 Å². The van der Waals surface area contributed by atoms with Crippen LogP contribution < -0.4 is 5.46 Å². The Morgan fingerprint density at radius 2 is 1.19 bits per heavy atom. The first kappa shape index (κ1) is 16.1. The average molecular weight is 348 g/mol. The van der Waals surface area contributed by atoms with Crippen LogP contribution in [-0.4, -0.2) is 17.2 Å². The van der Waals surface area contributed by atoms with Crippen molar-refractivity contribution >= 4 is 44.9 Å². The van der Waals surface area contributed by atoms with Crippen LogP contribution in [0.4, 0.5) is 0 Å². The summed E-state index contributed by atoms with van der Waals surface area (Å²) in [5.74, 6) is 0. The molecule has 3 heteroatoms. The lowest BCUT2D eigenvalue weighted by atomic mass is 9.79. The molecule has 0 amide bonds. The topological polar surface area (TPSA) is 40.5 Å². The molecule has 0 heterocycles. The molecule has 0 radical (unpaired) electrons. The standard InChI is InChI=1S/C24H17BO2/c26-25(27)19-13-11-17(12-14-19)23-15-18-10-9-16-5-1-2-6-20(16)24(18)22-8-4-3-7-21(22)23/h1-15,26-27H. The quantitative estimate of drug-likeness (QED) is 0.364. The van der Waals surface area contributed by atoms with E-state index in [2.05, 4.69) is 66.7 Å². The molecule has 5 rings (SSSR count). The summed E-state index contributed by atoms with van der Waals surface area (Å²) in [4.78, 5) is 0. The van der Waals surface area contributed by atoms with E-state index in [0.717, 1.165) is 11.1 Å². The lowest BCUT2D eigenvalue weighted by Crippen LogP contribution is -2.29. The van der Waals surface area contributed by atoms with Gasteiger partial charge in [0.2, 0.25) is 0 Å². The van der Waals surface area contributed by atoms with Crippen LogP contribution in [0.15, 0.2) is 91.0 Å². The zero-order valence-corrected chi connectivity index (χ0v) is 14.6. The first-order valence-corrected chi connectivity index (χ1v) is 9.02. The molecule has 0 saturated carbocycles. The molecule has 0 aliphatic carbocycles. The SMILES string of the molecule is OB(O)c1ccc(-c2cc3ccc4ccccc4c3c3ccccc23)cc1. The fourth-order valence-corrected chi connectivity index (χ4v) is 3.95. The summed E-state index contributed by atoms with van der Waals surface area (Å²) in [6.45, 7) is 0. The van der Waals surface area contributed by atoms with E-state index in [4.69, 9.17) is 0 Å². The summed E-state index contributed by atoms with van der Waals surface area (Å²) in [5, 5.41) is 26.1. The summed E-state index contributed by atoms with van der Waals surface area (Å²) in [6.07, 6.45) is 0. The third kappa shape index (κ3) is 2.60. The number of fused-ring (bicyclic) bond motifs is 5. The molecule has 0 fully saturated rings. The molecule has 0 unspecified atom stereocenters. The van der Waals surface area contributed by atoms with Crippen LogP contribution in [0.1, 0.15) is 0 Å². The fraction of sp³-hybridized carbons (Fsp3) is 0. The van der Waals surface area contributed by atoms with E-state index >= 15 is 0 Å². The molecule has 27 heavy (non-hydrogen) atoms. The van der Waals surface area contributed by atoms with Gasteiger partial charge in [0.15, 0.2) is 0 Å². The van der Waals surface area contributed by atoms with Gasteiger partial charge in [0.25, 0.3) is 0 Å². The smallest absolute Gasteiger partial charge is 0.423 e. The van der Waals surface area contributed by atoms with Gasteiger partial charge in [0.1, 0.15) is 0 Å². The van der Waals surface area contributed by atoms with Crippen LogP contribution in [0.5, 0.6) is 0 Å². The maximum absolute atomic E-state index is 9.35. The minimum atomic E-state index is -1.45. The highest BCUT2D eigenvalue weighted by atomic mass is 16.4. The molecule has 0 atom stereocenters. The number of hydrogen-bond donors (Lipinski definition) is 2. The summed E-state index contributed by atoms with van der Waals surface area (Å²) in [6, 6.07) is 31.0. The normalized spacial score (nSPS) is 11.3. The van der Waals surface area contributed by atoms with Crippen molar-refractivity contribution in [2.24, 2.45) is 0 Å². The lowest BCUT2D eigenvalue weighted by Gasteiger charge is -2.13. The Bertz CT molecular complexity index is 1290. The van der Waals surface area contributed by atoms with Gasteiger partial charge in [-0.15, -0.1) is 0 Å². The summed E-state index contributed by atoms with van der Waals surface area (Å²) < 4.78 is 0. The molecule has 0 aliphatic rings. The van der Waals surface area contributed by atoms with Gasteiger partial charge in [0, 0.05) is 0 Å². The van der Waals surface area contributed by atoms with Crippen molar-refractivity contribution in [1.82, 2.24) is 0 Å². The van der Waals surface area contributed by atoms with E-state index in [1.807, 2.05) is 12.1 Å². The van der Waals surface area contributed by atoms with Crippen LogP contribution in [0.3, 0.4) is 0 Å². The van der Waals surface area contributed by atoms with Crippen LogP contribution in [0.2, 0.25) is 0 Å². The highest BCUT2D eigenvalue weighted by Crippen LogP contribution is 2.37. The van der Waals surface area contributed by atoms with Crippen molar-refractivity contribution in [1.29, 1.82) is 0 Å². The van der Waals surface area contributed by atoms with E-state index in [9.17, 15) is 10.0 Å². The molecule has 2 nitrogen and oxygen atoms in total. The van der Waals surface area contributed by atoms with Crippen LogP contribution in [0.25, 0.3) is 43.4 Å². The van der Waals surface area contributed by atoms with Crippen LogP contribution >= 0.6 is 0 Å². The molecule has 0 spiro atoms. The maximum atomic E-state index is 9.35. The second-order valence-corrected chi connectivity index (χ2v) is 6.85. The average Bonchev–Trinajstić information content (AvgIpc) is 2.73. The van der Waals surface area contributed by atoms with Gasteiger partial charge in [-0.3, -0.25) is 0 Å². The molecule has 0 aliphatic heterocycles. The number of hydrogen-bond acceptors (Lipinski definition) is 2. The first-order chi connectivity index (χ1) is 13.2. The van der Waals surface area contributed by atoms with Crippen molar-refractivity contribution in [2.75, 3.05) is 0 Å². The van der Waals surface area contributed by atoms with Gasteiger partial charge < -0.3 is 10.0 Å². The molecular formula is C24H17BO2. The van der Waals surface area contributed by atoms with E-state index < -0.39 is 7.12 Å². The van der Waals surface area contributed by atoms with Crippen molar-refractivity contribution in [3.8, 4) is 11.1 Å². The zero-order chi connectivity index (χ0) is 18.4. The molecule has 0 aromatic heterocycles. The molecule has 128 valence electrons. The third-order valence-corrected chi connectivity index (χ3v) is 5.27. The highest BCUT2D eigenvalue weighted by Gasteiger charge is 2.13. The molecule has 5 aromatic carbocycles. The van der Waals surface area contributed by atoms with E-state index in [1.165, 1.54) is 32.3 Å². The minimum absolute atomic E-state index is 0.495. The van der Waals surface area contributed by atoms with Crippen LogP contribution in [0, 0.1) is 0 Å². The minimum Gasteiger partial charge on any atom is -0.423 e. The predicted octanol–water partition coefficient (Wildman–Crippen LogP) is 4.49. The van der Waals surface area contributed by atoms with Crippen molar-refractivity contribution in [2.45, 2.75) is 0 Å². The molecule has 2 N–H and O–H groups in total. The zero-order valence-electron chi connectivity index (χ0n) is 14.6. The van der Waals surface area contributed by atoms with E-state index in [1.54, 1.807) is 12.1 Å². The summed E-state index contributed by atoms with van der Waals surface area (Å²) in [5.41, 5.74) is 2.70. The molecule has 0 bridgehead atoms. The van der Waals surface area contributed by atoms with Crippen molar-refractivity contribution in [3.05, 3.63) is 91.0 Å². The monoisotopic (exact) mass is 348 g/mol. The third-order valence-electron chi connectivity index (χ3n) is 5.27. The predicted molar refractivity (Wildman–Crippen MR) is 114 cm³/mol. The first-order valence-electron chi connectivity index (χ1n) is 9.02. The number of rotatable bonds is 2. The Kier molecular flexibility index (Phi) is 3.71. The van der Waals surface area contributed by atoms with Gasteiger partial charge in [-0.05, 0) is 55.0 Å². The van der Waals surface area contributed by atoms with Gasteiger partial charge in [-0.1, -0.05) is 84.9 Å². The van der Waals surface area contributed by atoms with Gasteiger partial charge in [-0.2, -0.15) is 0 Å². The van der Waals surface area contributed by atoms with Crippen LogP contribution in [-0.2, 0) is 0 Å². The highest BCUT2D eigenvalue weighted by molar-refractivity contribution is 6.58. The Labute approximate surface area is 157 Å². The Hall–Kier alpha value is -3.14. The van der Waals surface area contributed by atoms with Gasteiger partial charge in [-0.25, -0.2) is 0 Å². The summed E-state index contributed by atoms with van der Waals surface area (Å²) in [7, 11) is -1.45. The molecule has 5 aromatic rings. The second-order valence-electron chi connectivity index (χ2n) is 6.85. The largest absolute Gasteiger partial charge is 0.488 e. The Morgan fingerprint density at radius 1 is 0.556 bits per heavy atom. The maximum Gasteiger partial charge on any atom is 0.488 e. The second kappa shape index (κ2) is 6.24. The van der Waals surface area contributed by atoms with Gasteiger partial charge >= 0.3 is 7.12 Å². The summed E-state index contributed by atoms with van der Waals surface area (Å²) >= 11 is 0. The Balaban J connectivity index is 1.87. The van der Waals surface area contributed by atoms with E-state index in [0.29, 0.717) is 5.46 Å². The Morgan fingerprint density at radius 3 is 1.93 bits per heavy atom. The fourth-order valence-electron chi connectivity index (χ4n) is 3.95. The van der Waals surface area contributed by atoms with E-state index in [-0.39, 0.29) is 0 Å². The van der Waals surface area contributed by atoms with Gasteiger partial charge in [0.05, 0.1) is 0 Å². The number of benzene rings is 5. The molecule has 0 saturated heterocycles. The lowest BCUT2D eigenvalue weighted by molar-refractivity contribution is 0.426.